The molecule has 0 aromatic rings. The van der Waals surface area contributed by atoms with Gasteiger partial charge in [0.1, 0.15) is 0 Å². The number of hydrogen-bond donors (Lipinski definition) is 0. The highest BCUT2D eigenvalue weighted by molar-refractivity contribution is 8.79. The summed E-state index contributed by atoms with van der Waals surface area (Å²) >= 11 is 0. The second-order valence-corrected chi connectivity index (χ2v) is 13.2. The Morgan fingerprint density at radius 2 is 0.677 bits per heavy atom. The van der Waals surface area contributed by atoms with Crippen molar-refractivity contribution in [2.75, 3.05) is 5.75 Å². The Bertz CT molecular complexity index is 650. The van der Waals surface area contributed by atoms with Crippen molar-refractivity contribution in [1.82, 2.24) is 0 Å². The Morgan fingerprint density at radius 3 is 0.935 bits per heavy atom. The van der Waals surface area contributed by atoms with Crippen molar-refractivity contribution in [1.29, 1.82) is 0 Å². The topological polar surface area (TPSA) is 0 Å². The quantitative estimate of drug-likeness (QED) is 0.238. The molecule has 0 radical (unpaired) electrons. The highest BCUT2D eigenvalue weighted by atomic mass is 36.2. The molecule has 0 fully saturated rings. The van der Waals surface area contributed by atoms with Crippen LogP contribution in [0.2, 0.25) is 0 Å². The third-order valence-electron chi connectivity index (χ3n) is 3.43. The van der Waals surface area contributed by atoms with Gasteiger partial charge in [0.2, 0.25) is 0 Å². The van der Waals surface area contributed by atoms with Gasteiger partial charge in [-0.3, -0.25) is 0 Å². The van der Waals surface area contributed by atoms with E-state index in [1.165, 1.54) is 0 Å². The zero-order chi connectivity index (χ0) is 25.9. The zero-order valence-electron chi connectivity index (χ0n) is 13.4. The summed E-state index contributed by atoms with van der Waals surface area (Å²) in [6.07, 6.45) is -10.5. The van der Waals surface area contributed by atoms with Gasteiger partial charge >= 0.3 is 47.6 Å². The van der Waals surface area contributed by atoms with Crippen molar-refractivity contribution >= 4 is 39.7 Å². The molecule has 0 bridgehead atoms. The summed E-state index contributed by atoms with van der Waals surface area (Å²) in [6, 6.07) is 0. The molecule has 190 valence electrons. The highest BCUT2D eigenvalue weighted by Crippen LogP contribution is 2.67. The van der Waals surface area contributed by atoms with Crippen LogP contribution in [0, 0.1) is 0 Å². The Labute approximate surface area is 174 Å². The van der Waals surface area contributed by atoms with Crippen LogP contribution < -0.4 is 0 Å². The van der Waals surface area contributed by atoms with Crippen LogP contribution in [0.4, 0.5) is 74.6 Å². The first-order valence-corrected chi connectivity index (χ1v) is 10.8. The summed E-state index contributed by atoms with van der Waals surface area (Å²) in [7, 11) is 10.9. The molecule has 0 saturated heterocycles. The van der Waals surface area contributed by atoms with E-state index in [0.29, 0.717) is 0 Å². The lowest BCUT2D eigenvalue weighted by molar-refractivity contribution is -0.461. The fourth-order valence-corrected chi connectivity index (χ4v) is 2.78. The van der Waals surface area contributed by atoms with Gasteiger partial charge in [-0.05, 0) is 39.7 Å². The SMILES string of the molecule is FC(F)(F)C(F)(F)C(F)(F)C(F)(F)C(F)(F)C(F)(F)C(F)(F)C(F)(F)CCS(Cl)(Cl)Cl. The zero-order valence-corrected chi connectivity index (χ0v) is 16.5. The van der Waals surface area contributed by atoms with Gasteiger partial charge < -0.3 is 0 Å². The molecular formula is C10H4Cl3F17S. The molecule has 0 unspecified atom stereocenters. The molecule has 0 heterocycles. The third kappa shape index (κ3) is 4.81. The summed E-state index contributed by atoms with van der Waals surface area (Å²) in [5.74, 6) is -58.3. The van der Waals surface area contributed by atoms with Crippen LogP contribution in [0.25, 0.3) is 0 Å². The van der Waals surface area contributed by atoms with Crippen LogP contribution in [0.3, 0.4) is 0 Å². The van der Waals surface area contributed by atoms with Gasteiger partial charge in [0.25, 0.3) is 0 Å². The number of halogens is 20. The Morgan fingerprint density at radius 1 is 0.419 bits per heavy atom. The first kappa shape index (κ1) is 31.0. The third-order valence-corrected chi connectivity index (χ3v) is 5.49. The average Bonchev–Trinajstić information content (AvgIpc) is 2.50. The van der Waals surface area contributed by atoms with Gasteiger partial charge in [0, 0.05) is 12.2 Å². The minimum atomic E-state index is -8.65. The molecule has 0 saturated carbocycles. The fourth-order valence-electron chi connectivity index (χ4n) is 1.60. The Balaban J connectivity index is 6.56. The second-order valence-electron chi connectivity index (χ2n) is 5.60. The second kappa shape index (κ2) is 8.06. The first-order chi connectivity index (χ1) is 13.0. The van der Waals surface area contributed by atoms with Gasteiger partial charge in [-0.2, -0.15) is 74.6 Å². The van der Waals surface area contributed by atoms with Gasteiger partial charge in [-0.15, -0.1) is 0 Å². The monoisotopic (exact) mass is 584 g/mol. The van der Waals surface area contributed by atoms with Crippen molar-refractivity contribution in [2.24, 2.45) is 0 Å². The minimum Gasteiger partial charge on any atom is -0.200 e. The molecule has 0 aromatic carbocycles. The van der Waals surface area contributed by atoms with Crippen LogP contribution in [0.15, 0.2) is 0 Å². The first-order valence-electron chi connectivity index (χ1n) is 6.57. The van der Waals surface area contributed by atoms with Gasteiger partial charge in [0.05, 0.1) is 0 Å². The summed E-state index contributed by atoms with van der Waals surface area (Å²) in [6.45, 7) is 0. The molecule has 0 aliphatic heterocycles. The molecule has 0 amide bonds. The van der Waals surface area contributed by atoms with Gasteiger partial charge in [-0.1, -0.05) is 0 Å². The normalized spacial score (nSPS) is 17.2. The summed E-state index contributed by atoms with van der Waals surface area (Å²) in [4.78, 5) is 0. The van der Waals surface area contributed by atoms with E-state index in [1.807, 2.05) is 0 Å². The van der Waals surface area contributed by atoms with Crippen LogP contribution in [-0.4, -0.2) is 53.4 Å². The number of alkyl halides is 17. The van der Waals surface area contributed by atoms with Crippen molar-refractivity contribution in [3.05, 3.63) is 0 Å². The summed E-state index contributed by atoms with van der Waals surface area (Å²) in [5.41, 5.74) is 0. The maximum absolute atomic E-state index is 13.4. The van der Waals surface area contributed by atoms with Crippen LogP contribution >= 0.6 is 39.7 Å². The lowest BCUT2D eigenvalue weighted by atomic mass is 9.88. The van der Waals surface area contributed by atoms with E-state index < -0.39 is 67.5 Å². The lowest BCUT2D eigenvalue weighted by Crippen LogP contribution is -2.74. The van der Waals surface area contributed by atoms with Crippen molar-refractivity contribution < 1.29 is 74.6 Å². The number of rotatable bonds is 9. The Hall–Kier alpha value is 0.0300. The standard InChI is InChI=1S/C10H4Cl3F17S/c11-31(12,13)2-1-3(14,15)4(16,17)5(18,19)6(20,21)7(22,23)8(24,25)9(26,27)10(28,29)30/h1-2H2. The van der Waals surface area contributed by atoms with Crippen molar-refractivity contribution in [3.63, 3.8) is 0 Å². The predicted octanol–water partition coefficient (Wildman–Crippen LogP) is 8.65. The Kier molecular flexibility index (Phi) is 8.07. The van der Waals surface area contributed by atoms with Crippen LogP contribution in [0.1, 0.15) is 6.42 Å². The fraction of sp³-hybridized carbons (Fsp3) is 1.00. The van der Waals surface area contributed by atoms with Crippen molar-refractivity contribution in [2.45, 2.75) is 54.1 Å². The molecule has 0 rings (SSSR count). The van der Waals surface area contributed by atoms with E-state index in [-0.39, 0.29) is 0 Å². The largest absolute Gasteiger partial charge is 0.460 e. The highest BCUT2D eigenvalue weighted by Gasteiger charge is 2.95. The molecular weight excluding hydrogens is 582 g/mol. The van der Waals surface area contributed by atoms with E-state index in [9.17, 15) is 74.6 Å². The van der Waals surface area contributed by atoms with E-state index in [1.54, 1.807) is 0 Å². The van der Waals surface area contributed by atoms with E-state index in [4.69, 9.17) is 32.0 Å². The van der Waals surface area contributed by atoms with E-state index >= 15 is 0 Å². The average molecular weight is 586 g/mol. The molecule has 0 aromatic heterocycles. The van der Waals surface area contributed by atoms with Crippen molar-refractivity contribution in [3.8, 4) is 0 Å². The smallest absolute Gasteiger partial charge is 0.200 e. The molecule has 0 nitrogen and oxygen atoms in total. The maximum Gasteiger partial charge on any atom is 0.460 e. The maximum atomic E-state index is 13.4. The molecule has 0 N–H and O–H groups in total. The van der Waals surface area contributed by atoms with Crippen LogP contribution in [0.5, 0.6) is 0 Å². The summed E-state index contributed by atoms with van der Waals surface area (Å²) in [5, 5.41) is 0. The van der Waals surface area contributed by atoms with Gasteiger partial charge in [-0.25, -0.2) is 0 Å². The van der Waals surface area contributed by atoms with Gasteiger partial charge in [0.15, 0.2) is 0 Å². The van der Waals surface area contributed by atoms with Crippen LogP contribution in [-0.2, 0) is 0 Å². The molecule has 21 heteroatoms. The molecule has 0 aliphatic carbocycles. The predicted molar refractivity (Wildman–Crippen MR) is 75.3 cm³/mol. The lowest BCUT2D eigenvalue weighted by Gasteiger charge is -2.43. The summed E-state index contributed by atoms with van der Waals surface area (Å²) < 4.78 is 220. The molecule has 31 heavy (non-hydrogen) atoms. The van der Waals surface area contributed by atoms with E-state index in [0.717, 1.165) is 0 Å². The molecule has 0 spiro atoms. The number of hydrogen-bond acceptors (Lipinski definition) is 0. The molecule has 0 atom stereocenters. The van der Waals surface area contributed by atoms with E-state index in [2.05, 4.69) is 0 Å². The minimum absolute atomic E-state index is 1.76. The molecule has 0 aliphatic rings.